The first-order valence-corrected chi connectivity index (χ1v) is 24.0. The van der Waals surface area contributed by atoms with E-state index in [0.29, 0.717) is 38.3 Å². The largest absolute Gasteiger partial charge is 0.494 e. The van der Waals surface area contributed by atoms with E-state index in [1.54, 1.807) is 39.9 Å². The van der Waals surface area contributed by atoms with Gasteiger partial charge in [-0.15, -0.1) is 11.3 Å². The topological polar surface area (TPSA) is 193 Å². The van der Waals surface area contributed by atoms with Crippen LogP contribution in [-0.2, 0) is 47.9 Å². The van der Waals surface area contributed by atoms with E-state index >= 15 is 0 Å². The van der Waals surface area contributed by atoms with Gasteiger partial charge in [-0.2, -0.15) is 18.4 Å². The minimum Gasteiger partial charge on any atom is -0.494 e. The molecule has 4 amide bonds. The van der Waals surface area contributed by atoms with Crippen LogP contribution < -0.4 is 20.1 Å². The van der Waals surface area contributed by atoms with Gasteiger partial charge in [0.15, 0.2) is 6.10 Å². The van der Waals surface area contributed by atoms with E-state index in [0.717, 1.165) is 39.4 Å². The number of aryl methyl sites for hydroxylation is 1. The molecular formula is C51H61F3N6O9S. The van der Waals surface area contributed by atoms with Gasteiger partial charge in [-0.05, 0) is 72.2 Å². The van der Waals surface area contributed by atoms with Crippen LogP contribution in [0.1, 0.15) is 81.8 Å². The molecule has 4 unspecified atom stereocenters. The second kappa shape index (κ2) is 23.2. The van der Waals surface area contributed by atoms with Crippen LogP contribution >= 0.6 is 11.3 Å². The number of benzene rings is 3. The van der Waals surface area contributed by atoms with E-state index < -0.39 is 64.2 Å². The number of unbranched alkanes of at least 4 members (excludes halogenated alkanes) is 1. The van der Waals surface area contributed by atoms with Crippen molar-refractivity contribution in [2.75, 3.05) is 46.1 Å². The number of amides is 4. The van der Waals surface area contributed by atoms with Crippen LogP contribution in [0.25, 0.3) is 10.4 Å². The van der Waals surface area contributed by atoms with E-state index in [1.807, 2.05) is 77.9 Å². The van der Waals surface area contributed by atoms with Crippen molar-refractivity contribution in [2.24, 2.45) is 10.8 Å². The molecule has 2 saturated heterocycles. The summed E-state index contributed by atoms with van der Waals surface area (Å²) in [5.41, 5.74) is 2.43. The minimum atomic E-state index is -4.75. The number of aliphatic hydroxyl groups excluding tert-OH is 1. The Morgan fingerprint density at radius 2 is 1.63 bits per heavy atom. The monoisotopic (exact) mass is 990 g/mol. The Morgan fingerprint density at radius 1 is 0.957 bits per heavy atom. The van der Waals surface area contributed by atoms with Gasteiger partial charge < -0.3 is 44.5 Å². The third-order valence-corrected chi connectivity index (χ3v) is 13.1. The fourth-order valence-corrected chi connectivity index (χ4v) is 9.15. The molecule has 0 spiro atoms. The number of nitriles is 1. The summed E-state index contributed by atoms with van der Waals surface area (Å²) in [7, 11) is 0. The number of aliphatic hydroxyl groups is 1. The molecule has 2 aliphatic rings. The number of thiazole rings is 1. The van der Waals surface area contributed by atoms with Crippen molar-refractivity contribution in [1.29, 1.82) is 5.26 Å². The number of nitrogens with one attached hydrogen (secondary N) is 2. The standard InChI is InChI=1S/C51H61F3N6O9S/c1-32-43(70-31-57-32)35-13-9-33(10-14-35)26-56-46(63)41-23-37(61)28-60(41)47(64)44(49(2,3)4)58-42(62)29-67-22-21-66-19-7-8-20-68-38-16-11-34(12-17-38)27-59-30-50(5,6)45(48(59)65)69-39-18-15-36(25-55)40(24-39)51(52,53)54/h9-18,24,31,37,41,44-45,61H,7-8,19-23,26-30H2,1-6H3,(H,56,63)(H,58,62). The third kappa shape index (κ3) is 14.0. The van der Waals surface area contributed by atoms with Crippen molar-refractivity contribution in [2.45, 2.75) is 104 Å². The lowest BCUT2D eigenvalue weighted by Gasteiger charge is -2.35. The van der Waals surface area contributed by atoms with E-state index in [4.69, 9.17) is 24.2 Å². The number of carbonyl (C=O) groups is 4. The Morgan fingerprint density at radius 3 is 2.29 bits per heavy atom. The number of hydrogen-bond donors (Lipinski definition) is 3. The Kier molecular flexibility index (Phi) is 17.7. The summed E-state index contributed by atoms with van der Waals surface area (Å²) in [5, 5.41) is 25.3. The highest BCUT2D eigenvalue weighted by Gasteiger charge is 2.48. The zero-order valence-corrected chi connectivity index (χ0v) is 41.1. The summed E-state index contributed by atoms with van der Waals surface area (Å²) in [6, 6.07) is 17.8. The summed E-state index contributed by atoms with van der Waals surface area (Å²) in [6.07, 6.45) is -5.18. The molecule has 19 heteroatoms. The van der Waals surface area contributed by atoms with Crippen molar-refractivity contribution >= 4 is 35.0 Å². The zero-order chi connectivity index (χ0) is 50.8. The maximum atomic E-state index is 13.9. The van der Waals surface area contributed by atoms with Gasteiger partial charge in [0.05, 0.1) is 59.2 Å². The van der Waals surface area contributed by atoms with E-state index in [9.17, 15) is 37.5 Å². The molecule has 0 bridgehead atoms. The number of ether oxygens (including phenoxy) is 4. The van der Waals surface area contributed by atoms with E-state index in [1.165, 1.54) is 11.0 Å². The number of likely N-dealkylation sites (tertiary alicyclic amines) is 2. The predicted molar refractivity (Wildman–Crippen MR) is 254 cm³/mol. The van der Waals surface area contributed by atoms with Gasteiger partial charge in [-0.1, -0.05) is 71.0 Å². The Bertz CT molecular complexity index is 2490. The van der Waals surface area contributed by atoms with Gasteiger partial charge >= 0.3 is 6.18 Å². The molecule has 4 atom stereocenters. The van der Waals surface area contributed by atoms with Crippen LogP contribution in [0, 0.1) is 29.1 Å². The third-order valence-electron chi connectivity index (χ3n) is 12.1. The predicted octanol–water partition coefficient (Wildman–Crippen LogP) is 6.83. The van der Waals surface area contributed by atoms with Crippen LogP contribution in [0.15, 0.2) is 72.2 Å². The maximum absolute atomic E-state index is 13.9. The van der Waals surface area contributed by atoms with Gasteiger partial charge in [0.1, 0.15) is 30.2 Å². The molecule has 1 aromatic heterocycles. The molecular weight excluding hydrogens is 930 g/mol. The lowest BCUT2D eigenvalue weighted by Crippen LogP contribution is -2.58. The van der Waals surface area contributed by atoms with Crippen molar-refractivity contribution in [3.8, 4) is 28.0 Å². The highest BCUT2D eigenvalue weighted by molar-refractivity contribution is 7.13. The number of rotatable bonds is 21. The SMILES string of the molecule is Cc1ncsc1-c1ccc(CNC(=O)C2CC(O)CN2C(=O)C(NC(=O)COCCOCCCCOc2ccc(CN3CC(C)(C)C(Oc4ccc(C#N)c(C(F)(F)F)c4)C3=O)cc2)C(C)(C)C)cc1. The summed E-state index contributed by atoms with van der Waals surface area (Å²) >= 11 is 1.56. The smallest absolute Gasteiger partial charge is 0.417 e. The second-order valence-corrected chi connectivity index (χ2v) is 20.2. The number of carbonyl (C=O) groups excluding carboxylic acids is 4. The Hall–Kier alpha value is -6.07. The second-order valence-electron chi connectivity index (χ2n) is 19.3. The minimum absolute atomic E-state index is 0.0356. The van der Waals surface area contributed by atoms with Gasteiger partial charge in [0.2, 0.25) is 17.7 Å². The fourth-order valence-electron chi connectivity index (χ4n) is 8.34. The summed E-state index contributed by atoms with van der Waals surface area (Å²) in [6.45, 7) is 12.8. The molecule has 6 rings (SSSR count). The van der Waals surface area contributed by atoms with E-state index in [2.05, 4.69) is 15.6 Å². The molecule has 2 fully saturated rings. The van der Waals surface area contributed by atoms with Crippen molar-refractivity contribution < 1.29 is 56.4 Å². The summed E-state index contributed by atoms with van der Waals surface area (Å²) < 4.78 is 63.5. The van der Waals surface area contributed by atoms with Crippen LogP contribution in [0.5, 0.6) is 11.5 Å². The van der Waals surface area contributed by atoms with Crippen molar-refractivity contribution in [1.82, 2.24) is 25.4 Å². The number of nitrogens with zero attached hydrogens (tertiary/aromatic N) is 4. The van der Waals surface area contributed by atoms with Crippen molar-refractivity contribution in [3.63, 3.8) is 0 Å². The molecule has 3 heterocycles. The average Bonchev–Trinajstić information content (AvgIpc) is 3.99. The number of hydrogen-bond acceptors (Lipinski definition) is 12. The Labute approximate surface area is 410 Å². The van der Waals surface area contributed by atoms with Crippen LogP contribution in [-0.4, -0.2) is 114 Å². The molecule has 376 valence electrons. The van der Waals surface area contributed by atoms with Crippen LogP contribution in [0.4, 0.5) is 13.2 Å². The molecule has 0 saturated carbocycles. The van der Waals surface area contributed by atoms with Gasteiger partial charge in [0.25, 0.3) is 5.91 Å². The molecule has 0 aliphatic carbocycles. The number of halogens is 3. The zero-order valence-electron chi connectivity index (χ0n) is 40.3. The number of alkyl halides is 3. The molecule has 4 aromatic rings. The molecule has 70 heavy (non-hydrogen) atoms. The Balaban J connectivity index is 0.851. The van der Waals surface area contributed by atoms with Crippen LogP contribution in [0.3, 0.4) is 0 Å². The quantitative estimate of drug-likeness (QED) is 0.0742. The summed E-state index contributed by atoms with van der Waals surface area (Å²) in [5.74, 6) is -1.21. The number of β-amino-alcohol motifs (C(OH)–C–C–N with tert-alkyl or cyclic N) is 1. The van der Waals surface area contributed by atoms with E-state index in [-0.39, 0.29) is 63.4 Å². The first-order chi connectivity index (χ1) is 33.1. The highest BCUT2D eigenvalue weighted by Crippen LogP contribution is 2.38. The number of aromatic nitrogens is 1. The molecule has 3 aromatic carbocycles. The molecule has 0 radical (unpaired) electrons. The van der Waals surface area contributed by atoms with Gasteiger partial charge in [0, 0.05) is 44.6 Å². The lowest BCUT2D eigenvalue weighted by molar-refractivity contribution is -0.144. The molecule has 3 N–H and O–H groups in total. The first kappa shape index (κ1) is 53.3. The normalized spacial score (nSPS) is 18.4. The molecule has 2 aliphatic heterocycles. The lowest BCUT2D eigenvalue weighted by atomic mass is 9.85. The first-order valence-electron chi connectivity index (χ1n) is 23.1. The van der Waals surface area contributed by atoms with Gasteiger partial charge in [-0.3, -0.25) is 19.2 Å². The molecule has 15 nitrogen and oxygen atoms in total. The highest BCUT2D eigenvalue weighted by atomic mass is 32.1. The van der Waals surface area contributed by atoms with Gasteiger partial charge in [-0.25, -0.2) is 4.98 Å². The van der Waals surface area contributed by atoms with Crippen molar-refractivity contribution in [3.05, 3.63) is 100 Å². The summed E-state index contributed by atoms with van der Waals surface area (Å²) in [4.78, 5) is 62.1. The van der Waals surface area contributed by atoms with Crippen LogP contribution in [0.2, 0.25) is 0 Å². The average molecular weight is 991 g/mol. The maximum Gasteiger partial charge on any atom is 0.417 e. The fraction of sp³-hybridized carbons (Fsp3) is 0.490.